The monoisotopic (exact) mass is 294 g/mol. The molecule has 0 bridgehead atoms. The molecule has 0 spiro atoms. The highest BCUT2D eigenvalue weighted by Crippen LogP contribution is 2.33. The molecule has 0 saturated heterocycles. The van der Waals surface area contributed by atoms with Gasteiger partial charge in [0.2, 0.25) is 0 Å². The number of hydrogen-bond donors (Lipinski definition) is 1. The maximum atomic E-state index is 10.7. The third-order valence-electron chi connectivity index (χ3n) is 2.48. The second-order valence-corrected chi connectivity index (χ2v) is 4.49. The molecule has 0 radical (unpaired) electrons. The van der Waals surface area contributed by atoms with E-state index < -0.39 is 12.1 Å². The topological polar surface area (TPSA) is 46.5 Å². The molecule has 0 amide bonds. The van der Waals surface area contributed by atoms with E-state index in [9.17, 15) is 4.79 Å². The smallest absolute Gasteiger partial charge is 0.344 e. The largest absolute Gasteiger partial charge is 0.479 e. The van der Waals surface area contributed by atoms with Crippen LogP contribution in [-0.2, 0) is 4.79 Å². The van der Waals surface area contributed by atoms with Crippen molar-refractivity contribution in [1.82, 2.24) is 0 Å². The number of benzene rings is 2. The van der Waals surface area contributed by atoms with Gasteiger partial charge in [0.15, 0.2) is 6.10 Å². The van der Waals surface area contributed by atoms with Gasteiger partial charge in [-0.15, -0.1) is 0 Å². The number of carboxylic acids is 1. The number of rotatable bonds is 3. The third kappa shape index (κ3) is 2.42. The molecule has 0 heterocycles. The van der Waals surface area contributed by atoms with E-state index in [2.05, 4.69) is 15.9 Å². The maximum absolute atomic E-state index is 10.7. The molecular formula is C13H11BrO3. The van der Waals surface area contributed by atoms with Gasteiger partial charge in [0.1, 0.15) is 5.75 Å². The molecule has 0 aliphatic rings. The molecule has 4 heteroatoms. The van der Waals surface area contributed by atoms with Crippen molar-refractivity contribution in [2.45, 2.75) is 13.0 Å². The Hall–Kier alpha value is -1.55. The second-order valence-electron chi connectivity index (χ2n) is 3.70. The SMILES string of the molecule is C[C@@H](Oc1ccc2ccccc2c1Br)C(=O)O. The molecular weight excluding hydrogens is 284 g/mol. The average Bonchev–Trinajstić information content (AvgIpc) is 2.33. The van der Waals surface area contributed by atoms with E-state index in [1.54, 1.807) is 6.07 Å². The highest BCUT2D eigenvalue weighted by Gasteiger charge is 2.15. The van der Waals surface area contributed by atoms with Crippen molar-refractivity contribution in [1.29, 1.82) is 0 Å². The Morgan fingerprint density at radius 3 is 2.71 bits per heavy atom. The molecule has 0 fully saturated rings. The lowest BCUT2D eigenvalue weighted by Crippen LogP contribution is -2.23. The van der Waals surface area contributed by atoms with Gasteiger partial charge in [-0.05, 0) is 39.7 Å². The zero-order valence-electron chi connectivity index (χ0n) is 9.18. The van der Waals surface area contributed by atoms with Crippen molar-refractivity contribution in [3.63, 3.8) is 0 Å². The van der Waals surface area contributed by atoms with Crippen molar-refractivity contribution >= 4 is 32.7 Å². The quantitative estimate of drug-likeness (QED) is 0.943. The molecule has 0 saturated carbocycles. The minimum atomic E-state index is -0.981. The summed E-state index contributed by atoms with van der Waals surface area (Å²) in [5.41, 5.74) is 0. The summed E-state index contributed by atoms with van der Waals surface area (Å²) >= 11 is 3.44. The van der Waals surface area contributed by atoms with E-state index in [-0.39, 0.29) is 0 Å². The molecule has 1 N–H and O–H groups in total. The maximum Gasteiger partial charge on any atom is 0.344 e. The van der Waals surface area contributed by atoms with Crippen LogP contribution in [0.1, 0.15) is 6.92 Å². The molecule has 0 aromatic heterocycles. The Morgan fingerprint density at radius 2 is 2.00 bits per heavy atom. The van der Waals surface area contributed by atoms with E-state index in [1.807, 2.05) is 30.3 Å². The first-order valence-corrected chi connectivity index (χ1v) is 5.95. The van der Waals surface area contributed by atoms with Crippen LogP contribution in [0.25, 0.3) is 10.8 Å². The first-order chi connectivity index (χ1) is 8.09. The van der Waals surface area contributed by atoms with Gasteiger partial charge >= 0.3 is 5.97 Å². The van der Waals surface area contributed by atoms with Crippen LogP contribution in [-0.4, -0.2) is 17.2 Å². The summed E-state index contributed by atoms with van der Waals surface area (Å²) in [6, 6.07) is 11.5. The molecule has 2 aromatic rings. The number of hydrogen-bond acceptors (Lipinski definition) is 2. The van der Waals surface area contributed by atoms with Crippen LogP contribution in [0, 0.1) is 0 Å². The Morgan fingerprint density at radius 1 is 1.29 bits per heavy atom. The number of carboxylic acid groups (broad SMARTS) is 1. The van der Waals surface area contributed by atoms with Crippen molar-refractivity contribution < 1.29 is 14.6 Å². The summed E-state index contributed by atoms with van der Waals surface area (Å²) in [5.74, 6) is -0.441. The van der Waals surface area contributed by atoms with Crippen LogP contribution < -0.4 is 4.74 Å². The predicted molar refractivity (Wildman–Crippen MR) is 69.4 cm³/mol. The van der Waals surface area contributed by atoms with Crippen molar-refractivity contribution in [2.24, 2.45) is 0 Å². The minimum Gasteiger partial charge on any atom is -0.479 e. The zero-order valence-corrected chi connectivity index (χ0v) is 10.8. The fourth-order valence-electron chi connectivity index (χ4n) is 1.55. The second kappa shape index (κ2) is 4.75. The van der Waals surface area contributed by atoms with Crippen LogP contribution in [0.2, 0.25) is 0 Å². The predicted octanol–water partition coefficient (Wildman–Crippen LogP) is 3.45. The molecule has 3 nitrogen and oxygen atoms in total. The molecule has 0 aliphatic heterocycles. The summed E-state index contributed by atoms with van der Waals surface area (Å²) < 4.78 is 6.15. The first kappa shape index (κ1) is 11.9. The van der Waals surface area contributed by atoms with Crippen LogP contribution in [0.15, 0.2) is 40.9 Å². The Balaban J connectivity index is 2.42. The van der Waals surface area contributed by atoms with Gasteiger partial charge in [-0.2, -0.15) is 0 Å². The molecule has 17 heavy (non-hydrogen) atoms. The molecule has 88 valence electrons. The van der Waals surface area contributed by atoms with Gasteiger partial charge in [-0.1, -0.05) is 30.3 Å². The molecule has 1 atom stereocenters. The van der Waals surface area contributed by atoms with Crippen molar-refractivity contribution in [2.75, 3.05) is 0 Å². The fourth-order valence-corrected chi connectivity index (χ4v) is 2.13. The van der Waals surface area contributed by atoms with E-state index >= 15 is 0 Å². The first-order valence-electron chi connectivity index (χ1n) is 5.16. The molecule has 2 aromatic carbocycles. The fraction of sp³-hybridized carbons (Fsp3) is 0.154. The van der Waals surface area contributed by atoms with E-state index in [4.69, 9.17) is 9.84 Å². The van der Waals surface area contributed by atoms with E-state index in [1.165, 1.54) is 6.92 Å². The summed E-state index contributed by atoms with van der Waals surface area (Å²) in [6.07, 6.45) is -0.868. The Labute approximate surface area is 107 Å². The van der Waals surface area contributed by atoms with Gasteiger partial charge in [0.05, 0.1) is 4.47 Å². The van der Waals surface area contributed by atoms with E-state index in [0.717, 1.165) is 15.2 Å². The van der Waals surface area contributed by atoms with Crippen molar-refractivity contribution in [3.8, 4) is 5.75 Å². The molecule has 2 rings (SSSR count). The summed E-state index contributed by atoms with van der Waals surface area (Å²) in [7, 11) is 0. The number of aliphatic carboxylic acids is 1. The van der Waals surface area contributed by atoms with Crippen LogP contribution in [0.3, 0.4) is 0 Å². The lowest BCUT2D eigenvalue weighted by atomic mass is 10.1. The standard InChI is InChI=1S/C13H11BrO3/c1-8(13(15)16)17-11-7-6-9-4-2-3-5-10(9)12(11)14/h2-8H,1H3,(H,15,16)/t8-/m1/s1. The third-order valence-corrected chi connectivity index (χ3v) is 3.30. The van der Waals surface area contributed by atoms with Gasteiger partial charge in [0, 0.05) is 0 Å². The number of fused-ring (bicyclic) bond motifs is 1. The summed E-state index contributed by atoms with van der Waals surface area (Å²) in [5, 5.41) is 10.9. The van der Waals surface area contributed by atoms with Crippen molar-refractivity contribution in [3.05, 3.63) is 40.9 Å². The number of ether oxygens (including phenoxy) is 1. The molecule has 0 aliphatic carbocycles. The Bertz CT molecular complexity index is 566. The highest BCUT2D eigenvalue weighted by atomic mass is 79.9. The van der Waals surface area contributed by atoms with Gasteiger partial charge in [0.25, 0.3) is 0 Å². The van der Waals surface area contributed by atoms with Crippen LogP contribution in [0.5, 0.6) is 5.75 Å². The zero-order chi connectivity index (χ0) is 12.4. The summed E-state index contributed by atoms with van der Waals surface area (Å²) in [6.45, 7) is 1.50. The number of halogens is 1. The van der Waals surface area contributed by atoms with Crippen LogP contribution >= 0.6 is 15.9 Å². The Kier molecular flexibility index (Phi) is 3.33. The van der Waals surface area contributed by atoms with Crippen LogP contribution in [0.4, 0.5) is 0 Å². The van der Waals surface area contributed by atoms with Gasteiger partial charge < -0.3 is 9.84 Å². The average molecular weight is 295 g/mol. The van der Waals surface area contributed by atoms with Gasteiger partial charge in [-0.3, -0.25) is 0 Å². The van der Waals surface area contributed by atoms with E-state index in [0.29, 0.717) is 5.75 Å². The lowest BCUT2D eigenvalue weighted by Gasteiger charge is -2.13. The van der Waals surface area contributed by atoms with Gasteiger partial charge in [-0.25, -0.2) is 4.79 Å². The normalized spacial score (nSPS) is 12.4. The number of carbonyl (C=O) groups is 1. The highest BCUT2D eigenvalue weighted by molar-refractivity contribution is 9.10. The summed E-state index contributed by atoms with van der Waals surface area (Å²) in [4.78, 5) is 10.7. The lowest BCUT2D eigenvalue weighted by molar-refractivity contribution is -0.144. The molecule has 0 unspecified atom stereocenters. The minimum absolute atomic E-state index is 0.540.